The molecule has 0 amide bonds. The standard InChI is InChI=1S/C21H28N2O/c1-5-23(6-2)19-10-8-17-13-16-7-9-18(22(3)11-12-24-4)14-20(16)21(17)15-19/h7-10,14-15H,5-6,11-13H2,1-4H3. The van der Waals surface area contributed by atoms with E-state index in [-0.39, 0.29) is 0 Å². The van der Waals surface area contributed by atoms with Crippen LogP contribution in [0.4, 0.5) is 11.4 Å². The Morgan fingerprint density at radius 3 is 2.08 bits per heavy atom. The fraction of sp³-hybridized carbons (Fsp3) is 0.429. The Balaban J connectivity index is 1.94. The summed E-state index contributed by atoms with van der Waals surface area (Å²) in [5, 5.41) is 0. The number of ether oxygens (including phenoxy) is 1. The molecule has 0 radical (unpaired) electrons. The average Bonchev–Trinajstić information content (AvgIpc) is 2.98. The molecule has 1 aliphatic carbocycles. The summed E-state index contributed by atoms with van der Waals surface area (Å²) in [7, 11) is 3.88. The van der Waals surface area contributed by atoms with Gasteiger partial charge in [-0.15, -0.1) is 0 Å². The van der Waals surface area contributed by atoms with Crippen LogP contribution in [0, 0.1) is 0 Å². The predicted molar refractivity (Wildman–Crippen MR) is 103 cm³/mol. The Morgan fingerprint density at radius 1 is 0.917 bits per heavy atom. The number of rotatable bonds is 7. The number of fused-ring (bicyclic) bond motifs is 3. The summed E-state index contributed by atoms with van der Waals surface area (Å²) in [6.07, 6.45) is 1.05. The summed E-state index contributed by atoms with van der Waals surface area (Å²) in [6.45, 7) is 8.17. The van der Waals surface area contributed by atoms with E-state index in [1.54, 1.807) is 7.11 Å². The molecule has 0 saturated heterocycles. The van der Waals surface area contributed by atoms with Crippen molar-refractivity contribution in [2.24, 2.45) is 0 Å². The van der Waals surface area contributed by atoms with Gasteiger partial charge < -0.3 is 14.5 Å². The van der Waals surface area contributed by atoms with Crippen LogP contribution in [0.5, 0.6) is 0 Å². The molecule has 3 rings (SSSR count). The summed E-state index contributed by atoms with van der Waals surface area (Å²) in [5.41, 5.74) is 8.25. The zero-order chi connectivity index (χ0) is 17.1. The molecule has 0 atom stereocenters. The summed E-state index contributed by atoms with van der Waals surface area (Å²) < 4.78 is 5.20. The molecule has 0 aliphatic heterocycles. The maximum atomic E-state index is 5.20. The van der Waals surface area contributed by atoms with Crippen LogP contribution in [-0.2, 0) is 11.2 Å². The molecular formula is C21H28N2O. The van der Waals surface area contributed by atoms with E-state index < -0.39 is 0 Å². The fourth-order valence-electron chi connectivity index (χ4n) is 3.52. The molecule has 0 aromatic heterocycles. The molecule has 1 aliphatic rings. The molecule has 2 aromatic carbocycles. The number of anilines is 2. The number of hydrogen-bond donors (Lipinski definition) is 0. The molecule has 0 bridgehead atoms. The van der Waals surface area contributed by atoms with E-state index in [9.17, 15) is 0 Å². The largest absolute Gasteiger partial charge is 0.383 e. The quantitative estimate of drug-likeness (QED) is 0.648. The van der Waals surface area contributed by atoms with Gasteiger partial charge in [0.1, 0.15) is 0 Å². The van der Waals surface area contributed by atoms with Crippen molar-refractivity contribution < 1.29 is 4.74 Å². The van der Waals surface area contributed by atoms with E-state index in [0.717, 1.165) is 32.7 Å². The van der Waals surface area contributed by atoms with Crippen molar-refractivity contribution in [1.82, 2.24) is 0 Å². The van der Waals surface area contributed by atoms with Gasteiger partial charge in [0.2, 0.25) is 0 Å². The lowest BCUT2D eigenvalue weighted by molar-refractivity contribution is 0.206. The molecule has 128 valence electrons. The van der Waals surface area contributed by atoms with Gasteiger partial charge in [0, 0.05) is 45.2 Å². The molecule has 0 heterocycles. The Bertz CT molecular complexity index is 707. The van der Waals surface area contributed by atoms with Crippen molar-refractivity contribution in [3.63, 3.8) is 0 Å². The monoisotopic (exact) mass is 324 g/mol. The van der Waals surface area contributed by atoms with Crippen molar-refractivity contribution in [3.8, 4) is 11.1 Å². The van der Waals surface area contributed by atoms with Crippen molar-refractivity contribution >= 4 is 11.4 Å². The van der Waals surface area contributed by atoms with Crippen LogP contribution in [0.3, 0.4) is 0 Å². The molecule has 0 unspecified atom stereocenters. The Kier molecular flexibility index (Phi) is 5.10. The van der Waals surface area contributed by atoms with Gasteiger partial charge in [0.25, 0.3) is 0 Å². The van der Waals surface area contributed by atoms with Gasteiger partial charge in [-0.2, -0.15) is 0 Å². The second-order valence-corrected chi connectivity index (χ2v) is 6.45. The SMILES string of the molecule is CCN(CC)c1ccc2c(c1)-c1cc(N(C)CCOC)ccc1C2. The first kappa shape index (κ1) is 16.8. The minimum absolute atomic E-state index is 0.746. The molecule has 3 nitrogen and oxygen atoms in total. The van der Waals surface area contributed by atoms with Gasteiger partial charge in [0.05, 0.1) is 6.61 Å². The van der Waals surface area contributed by atoms with Crippen LogP contribution in [0.2, 0.25) is 0 Å². The number of nitrogens with zero attached hydrogens (tertiary/aromatic N) is 2. The molecule has 0 N–H and O–H groups in total. The molecule has 0 spiro atoms. The van der Waals surface area contributed by atoms with E-state index in [4.69, 9.17) is 4.74 Å². The third kappa shape index (κ3) is 3.13. The van der Waals surface area contributed by atoms with E-state index in [0.29, 0.717) is 0 Å². The Labute approximate surface area is 145 Å². The van der Waals surface area contributed by atoms with Gasteiger partial charge in [-0.25, -0.2) is 0 Å². The minimum atomic E-state index is 0.746. The zero-order valence-electron chi connectivity index (χ0n) is 15.3. The number of benzene rings is 2. The minimum Gasteiger partial charge on any atom is -0.383 e. The second-order valence-electron chi connectivity index (χ2n) is 6.45. The van der Waals surface area contributed by atoms with E-state index in [1.165, 1.54) is 33.6 Å². The van der Waals surface area contributed by atoms with Crippen LogP contribution in [0.25, 0.3) is 11.1 Å². The molecular weight excluding hydrogens is 296 g/mol. The predicted octanol–water partition coefficient (Wildman–Crippen LogP) is 4.19. The third-order valence-electron chi connectivity index (χ3n) is 5.06. The van der Waals surface area contributed by atoms with Crippen LogP contribution < -0.4 is 9.80 Å². The number of likely N-dealkylation sites (N-methyl/N-ethyl adjacent to an activating group) is 1. The highest BCUT2D eigenvalue weighted by atomic mass is 16.5. The highest BCUT2D eigenvalue weighted by Crippen LogP contribution is 2.40. The smallest absolute Gasteiger partial charge is 0.0637 e. The van der Waals surface area contributed by atoms with Gasteiger partial charge >= 0.3 is 0 Å². The third-order valence-corrected chi connectivity index (χ3v) is 5.06. The van der Waals surface area contributed by atoms with Crippen molar-refractivity contribution in [3.05, 3.63) is 47.5 Å². The van der Waals surface area contributed by atoms with Crippen molar-refractivity contribution in [2.45, 2.75) is 20.3 Å². The summed E-state index contributed by atoms with van der Waals surface area (Å²) >= 11 is 0. The topological polar surface area (TPSA) is 15.7 Å². The normalized spacial score (nSPS) is 12.0. The molecule has 3 heteroatoms. The number of hydrogen-bond acceptors (Lipinski definition) is 3. The average molecular weight is 324 g/mol. The van der Waals surface area contributed by atoms with Crippen LogP contribution >= 0.6 is 0 Å². The first-order chi connectivity index (χ1) is 11.7. The lowest BCUT2D eigenvalue weighted by atomic mass is 10.0. The maximum Gasteiger partial charge on any atom is 0.0637 e. The summed E-state index contributed by atoms with van der Waals surface area (Å²) in [5.74, 6) is 0. The number of methoxy groups -OCH3 is 1. The maximum absolute atomic E-state index is 5.20. The van der Waals surface area contributed by atoms with Crippen LogP contribution in [-0.4, -0.2) is 40.4 Å². The highest BCUT2D eigenvalue weighted by Gasteiger charge is 2.20. The van der Waals surface area contributed by atoms with Gasteiger partial charge in [-0.3, -0.25) is 0 Å². The highest BCUT2D eigenvalue weighted by molar-refractivity contribution is 5.82. The van der Waals surface area contributed by atoms with Gasteiger partial charge in [0.15, 0.2) is 0 Å². The molecule has 24 heavy (non-hydrogen) atoms. The van der Waals surface area contributed by atoms with E-state index in [2.05, 4.69) is 67.1 Å². The van der Waals surface area contributed by atoms with Crippen molar-refractivity contribution in [2.75, 3.05) is 50.2 Å². The first-order valence-corrected chi connectivity index (χ1v) is 8.89. The van der Waals surface area contributed by atoms with Gasteiger partial charge in [-0.1, -0.05) is 12.1 Å². The van der Waals surface area contributed by atoms with E-state index >= 15 is 0 Å². The zero-order valence-corrected chi connectivity index (χ0v) is 15.3. The van der Waals surface area contributed by atoms with E-state index in [1.807, 2.05) is 0 Å². The van der Waals surface area contributed by atoms with Gasteiger partial charge in [-0.05, 0) is 66.8 Å². The second kappa shape index (κ2) is 7.27. The molecule has 2 aromatic rings. The lowest BCUT2D eigenvalue weighted by Gasteiger charge is -2.22. The first-order valence-electron chi connectivity index (χ1n) is 8.89. The van der Waals surface area contributed by atoms with Crippen LogP contribution in [0.1, 0.15) is 25.0 Å². The Morgan fingerprint density at radius 2 is 1.50 bits per heavy atom. The Hall–Kier alpha value is -2.00. The molecule has 0 fully saturated rings. The summed E-state index contributed by atoms with van der Waals surface area (Å²) in [4.78, 5) is 4.67. The lowest BCUT2D eigenvalue weighted by Crippen LogP contribution is -2.22. The summed E-state index contributed by atoms with van der Waals surface area (Å²) in [6, 6.07) is 13.8. The van der Waals surface area contributed by atoms with Crippen LogP contribution in [0.15, 0.2) is 36.4 Å². The van der Waals surface area contributed by atoms with Crippen molar-refractivity contribution in [1.29, 1.82) is 0 Å². The molecule has 0 saturated carbocycles. The fourth-order valence-corrected chi connectivity index (χ4v) is 3.52.